The molecule has 0 heterocycles. The van der Waals surface area contributed by atoms with Gasteiger partial charge < -0.3 is 5.11 Å². The van der Waals surface area contributed by atoms with Crippen LogP contribution in [0.2, 0.25) is 0 Å². The van der Waals surface area contributed by atoms with Crippen LogP contribution in [0.15, 0.2) is 0 Å². The lowest BCUT2D eigenvalue weighted by molar-refractivity contribution is 0.0121. The highest BCUT2D eigenvalue weighted by atomic mass is 16.3. The predicted octanol–water partition coefficient (Wildman–Crippen LogP) is 3.75. The lowest BCUT2D eigenvalue weighted by Crippen LogP contribution is -2.27. The molecule has 0 saturated heterocycles. The molecule has 0 amide bonds. The second-order valence-corrected chi connectivity index (χ2v) is 4.61. The second kappa shape index (κ2) is 6.42. The average molecular weight is 186 g/mol. The van der Waals surface area contributed by atoms with Crippen LogP contribution in [0.25, 0.3) is 0 Å². The Kier molecular flexibility index (Phi) is 6.40. The van der Waals surface area contributed by atoms with E-state index in [1.807, 2.05) is 0 Å². The van der Waals surface area contributed by atoms with Gasteiger partial charge in [-0.15, -0.1) is 0 Å². The van der Waals surface area contributed by atoms with E-state index in [4.69, 9.17) is 0 Å². The Bertz CT molecular complexity index is 120. The molecule has 0 aliphatic carbocycles. The molecular weight excluding hydrogens is 160 g/mol. The minimum Gasteiger partial charge on any atom is -0.390 e. The van der Waals surface area contributed by atoms with Crippen LogP contribution in [0.4, 0.5) is 0 Å². The maximum atomic E-state index is 10.2. The summed E-state index contributed by atoms with van der Waals surface area (Å²) in [5.74, 6) is 0.708. The number of hydrogen-bond donors (Lipinski definition) is 1. The fourth-order valence-electron chi connectivity index (χ4n) is 1.54. The molecule has 0 aromatic carbocycles. The zero-order valence-electron chi connectivity index (χ0n) is 9.77. The maximum Gasteiger partial charge on any atom is 0.0645 e. The highest BCUT2D eigenvalue weighted by Gasteiger charge is 2.23. The van der Waals surface area contributed by atoms with Gasteiger partial charge in [0.1, 0.15) is 0 Å². The van der Waals surface area contributed by atoms with Gasteiger partial charge in [-0.05, 0) is 31.6 Å². The van der Waals surface area contributed by atoms with Gasteiger partial charge in [-0.3, -0.25) is 0 Å². The molecule has 0 rings (SSSR count). The smallest absolute Gasteiger partial charge is 0.0645 e. The number of aliphatic hydroxyl groups is 1. The molecule has 1 atom stereocenters. The minimum absolute atomic E-state index is 0.375. The van der Waals surface area contributed by atoms with E-state index in [0.29, 0.717) is 5.92 Å². The van der Waals surface area contributed by atoms with E-state index in [-0.39, 0.29) is 5.60 Å². The third kappa shape index (κ3) is 6.09. The lowest BCUT2D eigenvalue weighted by Gasteiger charge is -2.27. The molecule has 0 saturated carbocycles. The first-order chi connectivity index (χ1) is 6.04. The van der Waals surface area contributed by atoms with Gasteiger partial charge in [0.15, 0.2) is 0 Å². The molecule has 1 unspecified atom stereocenters. The summed E-state index contributed by atoms with van der Waals surface area (Å²) in [6.07, 6.45) is 6.34. The third-order valence-corrected chi connectivity index (χ3v) is 2.84. The van der Waals surface area contributed by atoms with Crippen LogP contribution in [0.3, 0.4) is 0 Å². The molecule has 1 N–H and O–H groups in total. The van der Waals surface area contributed by atoms with E-state index in [2.05, 4.69) is 27.7 Å². The van der Waals surface area contributed by atoms with Crippen molar-refractivity contribution in [3.8, 4) is 0 Å². The van der Waals surface area contributed by atoms with E-state index in [0.717, 1.165) is 32.1 Å². The molecule has 0 aromatic heterocycles. The van der Waals surface area contributed by atoms with Crippen LogP contribution in [0, 0.1) is 5.92 Å². The Balaban J connectivity index is 3.81. The molecule has 13 heavy (non-hydrogen) atoms. The standard InChI is InChI=1S/C12H26O/c1-5-7-9-12(13,6-2)10-8-11(3)4/h11,13H,5-10H2,1-4H3. The van der Waals surface area contributed by atoms with Crippen molar-refractivity contribution in [3.63, 3.8) is 0 Å². The van der Waals surface area contributed by atoms with Crippen LogP contribution in [-0.4, -0.2) is 10.7 Å². The largest absolute Gasteiger partial charge is 0.390 e. The van der Waals surface area contributed by atoms with Gasteiger partial charge in [0, 0.05) is 0 Å². The number of rotatable bonds is 7. The van der Waals surface area contributed by atoms with Crippen LogP contribution in [0.1, 0.15) is 66.2 Å². The van der Waals surface area contributed by atoms with Gasteiger partial charge in [0.2, 0.25) is 0 Å². The fraction of sp³-hybridized carbons (Fsp3) is 1.00. The first-order valence-corrected chi connectivity index (χ1v) is 5.76. The van der Waals surface area contributed by atoms with Crippen LogP contribution in [0.5, 0.6) is 0 Å². The highest BCUT2D eigenvalue weighted by Crippen LogP contribution is 2.25. The van der Waals surface area contributed by atoms with Gasteiger partial charge in [-0.25, -0.2) is 0 Å². The SMILES string of the molecule is CCCCC(O)(CC)CCC(C)C. The summed E-state index contributed by atoms with van der Waals surface area (Å²) in [7, 11) is 0. The lowest BCUT2D eigenvalue weighted by atomic mass is 9.87. The van der Waals surface area contributed by atoms with Gasteiger partial charge in [0.25, 0.3) is 0 Å². The average Bonchev–Trinajstić information content (AvgIpc) is 2.11. The molecule has 0 fully saturated rings. The topological polar surface area (TPSA) is 20.2 Å². The normalized spacial score (nSPS) is 16.2. The van der Waals surface area contributed by atoms with Gasteiger partial charge in [0.05, 0.1) is 5.60 Å². The Morgan fingerprint density at radius 1 is 1.15 bits per heavy atom. The Labute approximate surface area is 83.5 Å². The van der Waals surface area contributed by atoms with Crippen molar-refractivity contribution in [2.24, 2.45) is 5.92 Å². The van der Waals surface area contributed by atoms with Crippen molar-refractivity contribution >= 4 is 0 Å². The summed E-state index contributed by atoms with van der Waals surface area (Å²) in [4.78, 5) is 0. The monoisotopic (exact) mass is 186 g/mol. The molecule has 0 aromatic rings. The summed E-state index contributed by atoms with van der Waals surface area (Å²) in [6, 6.07) is 0. The fourth-order valence-corrected chi connectivity index (χ4v) is 1.54. The van der Waals surface area contributed by atoms with Crippen molar-refractivity contribution in [1.82, 2.24) is 0 Å². The van der Waals surface area contributed by atoms with E-state index in [1.54, 1.807) is 0 Å². The Morgan fingerprint density at radius 3 is 2.15 bits per heavy atom. The van der Waals surface area contributed by atoms with E-state index >= 15 is 0 Å². The summed E-state index contributed by atoms with van der Waals surface area (Å²) >= 11 is 0. The predicted molar refractivity (Wildman–Crippen MR) is 58.8 cm³/mol. The summed E-state index contributed by atoms with van der Waals surface area (Å²) in [5, 5.41) is 10.2. The molecule has 0 spiro atoms. The zero-order valence-corrected chi connectivity index (χ0v) is 9.77. The Morgan fingerprint density at radius 2 is 1.77 bits per heavy atom. The van der Waals surface area contributed by atoms with E-state index in [1.165, 1.54) is 6.42 Å². The van der Waals surface area contributed by atoms with Gasteiger partial charge in [-0.2, -0.15) is 0 Å². The maximum absolute atomic E-state index is 10.2. The number of hydrogen-bond acceptors (Lipinski definition) is 1. The van der Waals surface area contributed by atoms with Crippen LogP contribution >= 0.6 is 0 Å². The zero-order chi connectivity index (χ0) is 10.3. The van der Waals surface area contributed by atoms with Crippen LogP contribution < -0.4 is 0 Å². The van der Waals surface area contributed by atoms with Crippen molar-refractivity contribution < 1.29 is 5.11 Å². The van der Waals surface area contributed by atoms with E-state index in [9.17, 15) is 5.11 Å². The molecule has 0 radical (unpaired) electrons. The van der Waals surface area contributed by atoms with Crippen molar-refractivity contribution in [1.29, 1.82) is 0 Å². The molecular formula is C12H26O. The molecule has 0 bridgehead atoms. The van der Waals surface area contributed by atoms with Gasteiger partial charge in [-0.1, -0.05) is 40.5 Å². The Hall–Kier alpha value is -0.0400. The van der Waals surface area contributed by atoms with Crippen molar-refractivity contribution in [2.75, 3.05) is 0 Å². The van der Waals surface area contributed by atoms with Crippen molar-refractivity contribution in [3.05, 3.63) is 0 Å². The molecule has 1 heteroatoms. The first-order valence-electron chi connectivity index (χ1n) is 5.76. The molecule has 80 valence electrons. The third-order valence-electron chi connectivity index (χ3n) is 2.84. The quantitative estimate of drug-likeness (QED) is 0.642. The highest BCUT2D eigenvalue weighted by molar-refractivity contribution is 4.76. The van der Waals surface area contributed by atoms with E-state index < -0.39 is 0 Å². The van der Waals surface area contributed by atoms with Crippen LogP contribution in [-0.2, 0) is 0 Å². The first kappa shape index (κ1) is 13.0. The second-order valence-electron chi connectivity index (χ2n) is 4.61. The minimum atomic E-state index is -0.375. The van der Waals surface area contributed by atoms with Crippen molar-refractivity contribution in [2.45, 2.75) is 71.8 Å². The summed E-state index contributed by atoms with van der Waals surface area (Å²) < 4.78 is 0. The number of unbranched alkanes of at least 4 members (excludes halogenated alkanes) is 1. The molecule has 0 aliphatic rings. The molecule has 1 nitrogen and oxygen atoms in total. The molecule has 0 aliphatic heterocycles. The summed E-state index contributed by atoms with van der Waals surface area (Å²) in [5.41, 5.74) is -0.375. The van der Waals surface area contributed by atoms with Gasteiger partial charge >= 0.3 is 0 Å². The summed E-state index contributed by atoms with van der Waals surface area (Å²) in [6.45, 7) is 8.71.